The van der Waals surface area contributed by atoms with Gasteiger partial charge in [0.1, 0.15) is 23.0 Å². The molecule has 1 aliphatic rings. The molecule has 1 fully saturated rings. The van der Waals surface area contributed by atoms with Crippen LogP contribution in [0.4, 0.5) is 5.69 Å². The molecule has 1 aliphatic carbocycles. The van der Waals surface area contributed by atoms with Crippen molar-refractivity contribution in [3.8, 4) is 5.75 Å². The summed E-state index contributed by atoms with van der Waals surface area (Å²) in [5, 5.41) is 10.7. The molecule has 2 atom stereocenters. The molecule has 2 aromatic heterocycles. The van der Waals surface area contributed by atoms with Crippen molar-refractivity contribution in [2.24, 2.45) is 5.92 Å². The first-order valence-corrected chi connectivity index (χ1v) is 9.75. The Morgan fingerprint density at radius 2 is 1.90 bits per heavy atom. The fraction of sp³-hybridized carbons (Fsp3) is 0.318. The van der Waals surface area contributed by atoms with Crippen LogP contribution in [0.2, 0.25) is 0 Å². The second kappa shape index (κ2) is 8.44. The third kappa shape index (κ3) is 4.71. The van der Waals surface area contributed by atoms with Gasteiger partial charge in [-0.05, 0) is 48.7 Å². The first-order valence-electron chi connectivity index (χ1n) is 9.75. The lowest BCUT2D eigenvalue weighted by Gasteiger charge is -2.21. The van der Waals surface area contributed by atoms with Gasteiger partial charge in [0.15, 0.2) is 6.61 Å². The number of amides is 1. The van der Waals surface area contributed by atoms with Crippen LogP contribution in [-0.4, -0.2) is 22.3 Å². The van der Waals surface area contributed by atoms with Crippen molar-refractivity contribution in [1.29, 1.82) is 0 Å². The largest absolute Gasteiger partial charge is 0.484 e. The van der Waals surface area contributed by atoms with E-state index in [4.69, 9.17) is 13.6 Å². The Hall–Kier alpha value is -3.55. The SMILES string of the molecule is CC1CC1c1ccc(CN(Cc2ccco2)C(=O)COc2ccc([N+](=O)[O-])cc2)o1. The summed E-state index contributed by atoms with van der Waals surface area (Å²) >= 11 is 0. The van der Waals surface area contributed by atoms with Crippen LogP contribution in [0.1, 0.15) is 36.5 Å². The van der Waals surface area contributed by atoms with E-state index in [-0.39, 0.29) is 24.7 Å². The highest BCUT2D eigenvalue weighted by molar-refractivity contribution is 5.77. The van der Waals surface area contributed by atoms with Crippen molar-refractivity contribution in [2.75, 3.05) is 6.61 Å². The minimum Gasteiger partial charge on any atom is -0.484 e. The van der Waals surface area contributed by atoms with Crippen molar-refractivity contribution in [3.63, 3.8) is 0 Å². The minimum atomic E-state index is -0.486. The van der Waals surface area contributed by atoms with E-state index in [9.17, 15) is 14.9 Å². The Bertz CT molecular complexity index is 1010. The van der Waals surface area contributed by atoms with Crippen LogP contribution in [-0.2, 0) is 17.9 Å². The molecule has 0 radical (unpaired) electrons. The Morgan fingerprint density at radius 3 is 2.53 bits per heavy atom. The predicted molar refractivity (Wildman–Crippen MR) is 107 cm³/mol. The highest BCUT2D eigenvalue weighted by Crippen LogP contribution is 2.47. The van der Waals surface area contributed by atoms with Gasteiger partial charge in [-0.3, -0.25) is 14.9 Å². The molecule has 30 heavy (non-hydrogen) atoms. The summed E-state index contributed by atoms with van der Waals surface area (Å²) in [6, 6.07) is 13.1. The predicted octanol–water partition coefficient (Wildman–Crippen LogP) is 4.51. The highest BCUT2D eigenvalue weighted by atomic mass is 16.6. The lowest BCUT2D eigenvalue weighted by molar-refractivity contribution is -0.384. The summed E-state index contributed by atoms with van der Waals surface area (Å²) in [6.45, 7) is 2.57. The van der Waals surface area contributed by atoms with E-state index in [0.717, 1.165) is 12.2 Å². The Labute approximate surface area is 173 Å². The van der Waals surface area contributed by atoms with Crippen LogP contribution in [0.3, 0.4) is 0 Å². The molecule has 2 unspecified atom stereocenters. The molecular formula is C22H22N2O6. The maximum absolute atomic E-state index is 12.8. The van der Waals surface area contributed by atoms with Gasteiger partial charge in [0, 0.05) is 18.1 Å². The molecule has 1 aromatic carbocycles. The zero-order chi connectivity index (χ0) is 21.1. The molecule has 0 aliphatic heterocycles. The number of non-ortho nitro benzene ring substituents is 1. The number of hydrogen-bond donors (Lipinski definition) is 0. The van der Waals surface area contributed by atoms with Gasteiger partial charge in [0.2, 0.25) is 0 Å². The van der Waals surface area contributed by atoms with Gasteiger partial charge in [0.05, 0.1) is 24.3 Å². The van der Waals surface area contributed by atoms with Crippen molar-refractivity contribution in [1.82, 2.24) is 4.90 Å². The summed E-state index contributed by atoms with van der Waals surface area (Å²) in [6.07, 6.45) is 2.69. The van der Waals surface area contributed by atoms with Crippen molar-refractivity contribution < 1.29 is 23.3 Å². The normalized spacial score (nSPS) is 17.5. The lowest BCUT2D eigenvalue weighted by atomic mass is 10.3. The van der Waals surface area contributed by atoms with Crippen molar-refractivity contribution >= 4 is 11.6 Å². The quantitative estimate of drug-likeness (QED) is 0.380. The smallest absolute Gasteiger partial charge is 0.269 e. The summed E-state index contributed by atoms with van der Waals surface area (Å²) in [5.41, 5.74) is -0.0354. The minimum absolute atomic E-state index is 0.0354. The van der Waals surface area contributed by atoms with Crippen LogP contribution >= 0.6 is 0 Å². The molecule has 0 saturated heterocycles. The fourth-order valence-corrected chi connectivity index (χ4v) is 3.31. The second-order valence-corrected chi connectivity index (χ2v) is 7.49. The second-order valence-electron chi connectivity index (χ2n) is 7.49. The molecule has 2 heterocycles. The van der Waals surface area contributed by atoms with Gasteiger partial charge in [-0.15, -0.1) is 0 Å². The number of benzene rings is 1. The summed E-state index contributed by atoms with van der Waals surface area (Å²) in [5.74, 6) is 3.57. The van der Waals surface area contributed by atoms with Crippen LogP contribution in [0, 0.1) is 16.0 Å². The number of carbonyl (C=O) groups is 1. The summed E-state index contributed by atoms with van der Waals surface area (Å²) < 4.78 is 16.9. The fourth-order valence-electron chi connectivity index (χ4n) is 3.31. The molecule has 1 amide bonds. The van der Waals surface area contributed by atoms with E-state index < -0.39 is 4.92 Å². The standard InChI is InChI=1S/C22H22N2O6/c1-15-11-20(15)21-9-8-19(30-21)13-23(12-18-3-2-10-28-18)22(25)14-29-17-6-4-16(5-7-17)24(26)27/h2-10,15,20H,11-14H2,1H3. The van der Waals surface area contributed by atoms with Gasteiger partial charge in [-0.1, -0.05) is 6.92 Å². The van der Waals surface area contributed by atoms with Gasteiger partial charge in [-0.25, -0.2) is 0 Å². The van der Waals surface area contributed by atoms with Gasteiger partial charge < -0.3 is 18.5 Å². The summed E-state index contributed by atoms with van der Waals surface area (Å²) in [4.78, 5) is 24.7. The average Bonchev–Trinajstić information content (AvgIpc) is 3.13. The molecular weight excluding hydrogens is 388 g/mol. The molecule has 8 heteroatoms. The number of nitro groups is 1. The van der Waals surface area contributed by atoms with E-state index in [2.05, 4.69) is 6.92 Å². The Balaban J connectivity index is 1.41. The molecule has 0 spiro atoms. The van der Waals surface area contributed by atoms with Crippen molar-refractivity contribution in [3.05, 3.63) is 82.2 Å². The number of furan rings is 2. The zero-order valence-corrected chi connectivity index (χ0v) is 16.5. The monoisotopic (exact) mass is 410 g/mol. The Kier molecular flexibility index (Phi) is 5.56. The topological polar surface area (TPSA) is 99.0 Å². The van der Waals surface area contributed by atoms with Gasteiger partial charge >= 0.3 is 0 Å². The molecule has 3 aromatic rings. The first kappa shape index (κ1) is 19.8. The van der Waals surface area contributed by atoms with Crippen LogP contribution < -0.4 is 4.74 Å². The first-order chi connectivity index (χ1) is 14.5. The van der Waals surface area contributed by atoms with Crippen LogP contribution in [0.5, 0.6) is 5.75 Å². The van der Waals surface area contributed by atoms with E-state index in [0.29, 0.717) is 35.7 Å². The molecule has 0 bridgehead atoms. The molecule has 1 saturated carbocycles. The molecule has 4 rings (SSSR count). The third-order valence-electron chi connectivity index (χ3n) is 5.19. The number of carbonyl (C=O) groups excluding carboxylic acids is 1. The van der Waals surface area contributed by atoms with E-state index in [1.165, 1.54) is 24.3 Å². The number of nitrogens with zero attached hydrogens (tertiary/aromatic N) is 2. The lowest BCUT2D eigenvalue weighted by Crippen LogP contribution is -2.33. The number of nitro benzene ring substituents is 1. The van der Waals surface area contributed by atoms with E-state index in [1.54, 1.807) is 23.3 Å². The summed E-state index contributed by atoms with van der Waals surface area (Å²) in [7, 11) is 0. The maximum Gasteiger partial charge on any atom is 0.269 e. The number of hydrogen-bond acceptors (Lipinski definition) is 6. The van der Waals surface area contributed by atoms with Crippen molar-refractivity contribution in [2.45, 2.75) is 32.4 Å². The average molecular weight is 410 g/mol. The number of ether oxygens (including phenoxy) is 1. The number of rotatable bonds is 9. The highest BCUT2D eigenvalue weighted by Gasteiger charge is 2.36. The van der Waals surface area contributed by atoms with Gasteiger partial charge in [-0.2, -0.15) is 0 Å². The zero-order valence-electron chi connectivity index (χ0n) is 16.5. The third-order valence-corrected chi connectivity index (χ3v) is 5.19. The molecule has 0 N–H and O–H groups in total. The van der Waals surface area contributed by atoms with Crippen LogP contribution in [0.25, 0.3) is 0 Å². The molecule has 156 valence electrons. The van der Waals surface area contributed by atoms with Crippen LogP contribution in [0.15, 0.2) is 63.6 Å². The maximum atomic E-state index is 12.8. The van der Waals surface area contributed by atoms with E-state index in [1.807, 2.05) is 12.1 Å². The van der Waals surface area contributed by atoms with Gasteiger partial charge in [0.25, 0.3) is 11.6 Å². The Morgan fingerprint density at radius 1 is 1.17 bits per heavy atom. The van der Waals surface area contributed by atoms with E-state index >= 15 is 0 Å². The molecule has 8 nitrogen and oxygen atoms in total.